The molecule has 0 bridgehead atoms. The van der Waals surface area contributed by atoms with E-state index in [0.29, 0.717) is 28.9 Å². The van der Waals surface area contributed by atoms with Crippen LogP contribution in [-0.2, 0) is 29.6 Å². The summed E-state index contributed by atoms with van der Waals surface area (Å²) in [5, 5.41) is 19.4. The Morgan fingerprint density at radius 3 is 1.61 bits per heavy atom. The van der Waals surface area contributed by atoms with E-state index >= 15 is 0 Å². The van der Waals surface area contributed by atoms with Gasteiger partial charge in [0, 0.05) is 13.1 Å². The Morgan fingerprint density at radius 1 is 0.705 bits per heavy atom. The van der Waals surface area contributed by atoms with Gasteiger partial charge in [-0.15, -0.1) is 0 Å². The number of aliphatic carboxylic acids is 2. The zero-order chi connectivity index (χ0) is 32.1. The van der Waals surface area contributed by atoms with Crippen LogP contribution in [0.4, 0.5) is 17.1 Å². The fourth-order valence-electron chi connectivity index (χ4n) is 4.88. The van der Waals surface area contributed by atoms with Crippen molar-refractivity contribution >= 4 is 49.0 Å². The molecule has 1 aliphatic heterocycles. The molecule has 0 amide bonds. The number of rotatable bonds is 13. The molecule has 15 heteroatoms. The van der Waals surface area contributed by atoms with Gasteiger partial charge < -0.3 is 24.6 Å². The minimum atomic E-state index is -4.43. The highest BCUT2D eigenvalue weighted by Gasteiger charge is 2.33. The van der Waals surface area contributed by atoms with Crippen molar-refractivity contribution in [3.05, 3.63) is 66.7 Å². The number of ether oxygens (including phenoxy) is 2. The van der Waals surface area contributed by atoms with Crippen molar-refractivity contribution in [2.24, 2.45) is 0 Å². The number of hydrogen-bond donors (Lipinski definition) is 2. The quantitative estimate of drug-likeness (QED) is 0.279. The molecular weight excluding hydrogens is 614 g/mol. The Labute approximate surface area is 255 Å². The van der Waals surface area contributed by atoms with E-state index in [9.17, 15) is 36.6 Å². The first-order chi connectivity index (χ1) is 20.9. The summed E-state index contributed by atoms with van der Waals surface area (Å²) in [7, 11) is -6.00. The highest BCUT2D eigenvalue weighted by Crippen LogP contribution is 2.39. The van der Waals surface area contributed by atoms with E-state index in [2.05, 4.69) is 0 Å². The molecule has 13 nitrogen and oxygen atoms in total. The third-order valence-corrected chi connectivity index (χ3v) is 10.6. The van der Waals surface area contributed by atoms with Crippen LogP contribution in [0.5, 0.6) is 11.5 Å². The molecule has 0 aliphatic carbocycles. The lowest BCUT2D eigenvalue weighted by atomic mass is 10.1. The summed E-state index contributed by atoms with van der Waals surface area (Å²) >= 11 is 0. The summed E-state index contributed by atoms with van der Waals surface area (Å²) in [5.74, 6) is -2.02. The van der Waals surface area contributed by atoms with Gasteiger partial charge in [0.1, 0.15) is 24.6 Å². The Hall–Kier alpha value is -4.50. The average molecular weight is 648 g/mol. The molecule has 0 aromatic heterocycles. The molecule has 1 heterocycles. The predicted molar refractivity (Wildman–Crippen MR) is 163 cm³/mol. The Balaban J connectivity index is 1.89. The van der Waals surface area contributed by atoms with Crippen LogP contribution in [0.3, 0.4) is 0 Å². The lowest BCUT2D eigenvalue weighted by molar-refractivity contribution is -0.136. The number of carboxylic acid groups (broad SMARTS) is 2. The Bertz CT molecular complexity index is 1700. The number of carbonyl (C=O) groups is 2. The predicted octanol–water partition coefficient (Wildman–Crippen LogP) is 3.25. The van der Waals surface area contributed by atoms with Crippen molar-refractivity contribution in [1.82, 2.24) is 0 Å². The molecule has 2 N–H and O–H groups in total. The van der Waals surface area contributed by atoms with Crippen LogP contribution in [0.15, 0.2) is 76.5 Å². The topological polar surface area (TPSA) is 171 Å². The van der Waals surface area contributed by atoms with Crippen LogP contribution in [0.25, 0.3) is 0 Å². The highest BCUT2D eigenvalue weighted by atomic mass is 32.2. The van der Waals surface area contributed by atoms with E-state index < -0.39 is 45.1 Å². The highest BCUT2D eigenvalue weighted by molar-refractivity contribution is 7.93. The van der Waals surface area contributed by atoms with Crippen LogP contribution in [0.2, 0.25) is 0 Å². The summed E-state index contributed by atoms with van der Waals surface area (Å²) in [6, 6.07) is 14.9. The van der Waals surface area contributed by atoms with E-state index in [4.69, 9.17) is 9.47 Å². The van der Waals surface area contributed by atoms with Crippen LogP contribution in [0, 0.1) is 0 Å². The van der Waals surface area contributed by atoms with E-state index in [1.54, 1.807) is 0 Å². The first-order valence-corrected chi connectivity index (χ1v) is 16.4. The van der Waals surface area contributed by atoms with Crippen molar-refractivity contribution < 1.29 is 46.1 Å². The van der Waals surface area contributed by atoms with Gasteiger partial charge in [0.2, 0.25) is 0 Å². The number of nitrogens with zero attached hydrogens (tertiary/aromatic N) is 3. The first kappa shape index (κ1) is 32.4. The number of anilines is 3. The molecule has 1 aliphatic rings. The van der Waals surface area contributed by atoms with Crippen molar-refractivity contribution in [2.75, 3.05) is 53.9 Å². The summed E-state index contributed by atoms with van der Waals surface area (Å²) in [5.41, 5.74) is 0.219. The SMILES string of the molecule is COc1ccc(S(=O)(=O)N(CC(=O)O)c2ccc(N(CC(=O)O)S(=O)(=O)c3ccc(OC)cc3)c(N3CCCCC3)c2)cc1. The van der Waals surface area contributed by atoms with Gasteiger partial charge >= 0.3 is 11.9 Å². The van der Waals surface area contributed by atoms with Gasteiger partial charge in [-0.25, -0.2) is 16.8 Å². The lowest BCUT2D eigenvalue weighted by Crippen LogP contribution is -2.39. The number of hydrogen-bond acceptors (Lipinski definition) is 9. The van der Waals surface area contributed by atoms with Crippen molar-refractivity contribution in [3.8, 4) is 11.5 Å². The molecule has 4 rings (SSSR count). The van der Waals surface area contributed by atoms with Crippen LogP contribution in [-0.4, -0.2) is 79.4 Å². The molecule has 0 atom stereocenters. The molecule has 0 unspecified atom stereocenters. The van der Waals surface area contributed by atoms with Crippen molar-refractivity contribution in [2.45, 2.75) is 29.1 Å². The maximum absolute atomic E-state index is 13.9. The minimum absolute atomic E-state index is 0.00554. The van der Waals surface area contributed by atoms with Crippen molar-refractivity contribution in [3.63, 3.8) is 0 Å². The van der Waals surface area contributed by atoms with Gasteiger partial charge in [-0.2, -0.15) is 0 Å². The van der Waals surface area contributed by atoms with Crippen LogP contribution >= 0.6 is 0 Å². The molecule has 0 saturated carbocycles. The third-order valence-electron chi connectivity index (χ3n) is 7.07. The summed E-state index contributed by atoms with van der Waals surface area (Å²) < 4.78 is 66.9. The fourth-order valence-corrected chi connectivity index (χ4v) is 7.71. The van der Waals surface area contributed by atoms with Gasteiger partial charge in [0.25, 0.3) is 20.0 Å². The monoisotopic (exact) mass is 647 g/mol. The minimum Gasteiger partial charge on any atom is -0.497 e. The molecule has 0 radical (unpaired) electrons. The number of methoxy groups -OCH3 is 2. The molecule has 3 aromatic carbocycles. The van der Waals surface area contributed by atoms with E-state index in [1.165, 1.54) is 80.9 Å². The summed E-state index contributed by atoms with van der Waals surface area (Å²) in [6.07, 6.45) is 2.44. The van der Waals surface area contributed by atoms with Gasteiger partial charge in [-0.1, -0.05) is 0 Å². The fraction of sp³-hybridized carbons (Fsp3) is 0.310. The van der Waals surface area contributed by atoms with Crippen LogP contribution < -0.4 is 23.0 Å². The van der Waals surface area contributed by atoms with Crippen LogP contribution in [0.1, 0.15) is 19.3 Å². The maximum atomic E-state index is 13.9. The zero-order valence-electron chi connectivity index (χ0n) is 24.1. The van der Waals surface area contributed by atoms with E-state index in [0.717, 1.165) is 23.6 Å². The van der Waals surface area contributed by atoms with Gasteiger partial charge in [-0.05, 0) is 86.0 Å². The number of sulfonamides is 2. The number of carboxylic acids is 2. The average Bonchev–Trinajstić information content (AvgIpc) is 3.02. The van der Waals surface area contributed by atoms with Crippen molar-refractivity contribution in [1.29, 1.82) is 0 Å². The van der Waals surface area contributed by atoms with E-state index in [1.807, 2.05) is 4.90 Å². The normalized spacial score (nSPS) is 13.6. The van der Waals surface area contributed by atoms with Gasteiger partial charge in [0.15, 0.2) is 0 Å². The lowest BCUT2D eigenvalue weighted by Gasteiger charge is -2.35. The van der Waals surface area contributed by atoms with Gasteiger partial charge in [0.05, 0.1) is 41.1 Å². The van der Waals surface area contributed by atoms with E-state index in [-0.39, 0.29) is 26.9 Å². The second-order valence-electron chi connectivity index (χ2n) is 9.88. The zero-order valence-corrected chi connectivity index (χ0v) is 25.8. The molecular formula is C29H33N3O10S2. The number of piperidine rings is 1. The maximum Gasteiger partial charge on any atom is 0.324 e. The molecule has 0 spiro atoms. The molecule has 3 aromatic rings. The first-order valence-electron chi connectivity index (χ1n) is 13.5. The molecule has 236 valence electrons. The largest absolute Gasteiger partial charge is 0.497 e. The molecule has 1 fully saturated rings. The summed E-state index contributed by atoms with van der Waals surface area (Å²) in [6.45, 7) is -0.859. The second kappa shape index (κ2) is 13.4. The second-order valence-corrected chi connectivity index (χ2v) is 13.6. The molecule has 1 saturated heterocycles. The summed E-state index contributed by atoms with van der Waals surface area (Å²) in [4.78, 5) is 25.3. The Morgan fingerprint density at radius 2 is 1.16 bits per heavy atom. The van der Waals surface area contributed by atoms with Gasteiger partial charge in [-0.3, -0.25) is 18.2 Å². The molecule has 44 heavy (non-hydrogen) atoms. The standard InChI is InChI=1S/C29H33N3O10S2/c1-41-22-7-11-24(12-8-22)43(37,38)31(19-28(33)34)21-6-15-26(27(18-21)30-16-4-3-5-17-30)32(20-29(35)36)44(39,40)25-13-9-23(42-2)10-14-25/h6-15,18H,3-5,16-17,19-20H2,1-2H3,(H,33,34)(H,35,36). The Kier molecular flexibility index (Phi) is 9.89. The smallest absolute Gasteiger partial charge is 0.324 e. The number of benzene rings is 3. The third kappa shape index (κ3) is 7.00.